The topological polar surface area (TPSA) is 31.2 Å². The number of carbonyl (C=O) groups excluding carboxylic acids is 1. The van der Waals surface area contributed by atoms with Crippen LogP contribution in [0.15, 0.2) is 18.3 Å². The van der Waals surface area contributed by atoms with E-state index in [1.54, 1.807) is 29.8 Å². The molecule has 0 saturated heterocycles. The normalized spacial score (nSPS) is 10.1. The molecule has 14 heavy (non-hydrogen) atoms. The summed E-state index contributed by atoms with van der Waals surface area (Å²) >= 11 is 0. The van der Waals surface area contributed by atoms with Gasteiger partial charge in [-0.05, 0) is 25.5 Å². The van der Waals surface area contributed by atoms with Crippen LogP contribution in [0.3, 0.4) is 0 Å². The van der Waals surface area contributed by atoms with Gasteiger partial charge in [0.1, 0.15) is 5.69 Å². The Kier molecular flexibility index (Phi) is 4.16. The summed E-state index contributed by atoms with van der Waals surface area (Å²) in [6, 6.07) is 3.43. The van der Waals surface area contributed by atoms with Crippen molar-refractivity contribution in [1.82, 2.24) is 4.57 Å². The average Bonchev–Trinajstić information content (AvgIpc) is 2.63. The van der Waals surface area contributed by atoms with Crippen LogP contribution in [0, 0.1) is 0 Å². The van der Waals surface area contributed by atoms with Gasteiger partial charge in [0.15, 0.2) is 0 Å². The van der Waals surface area contributed by atoms with Crippen LogP contribution in [0.2, 0.25) is 0 Å². The molecular weight excluding hydrogens is 185 g/mol. The van der Waals surface area contributed by atoms with E-state index in [9.17, 15) is 9.18 Å². The second-order valence-electron chi connectivity index (χ2n) is 2.85. The van der Waals surface area contributed by atoms with Crippen molar-refractivity contribution in [3.63, 3.8) is 0 Å². The first-order valence-corrected chi connectivity index (χ1v) is 4.67. The highest BCUT2D eigenvalue weighted by molar-refractivity contribution is 5.87. The smallest absolute Gasteiger partial charge is 0.354 e. The number of alkyl halides is 1. The van der Waals surface area contributed by atoms with Crippen molar-refractivity contribution in [2.45, 2.75) is 19.9 Å². The first kappa shape index (κ1) is 10.8. The number of carbonyl (C=O) groups is 1. The largest absolute Gasteiger partial charge is 0.461 e. The molecule has 0 aromatic carbocycles. The Labute approximate surface area is 82.5 Å². The highest BCUT2D eigenvalue weighted by Crippen LogP contribution is 2.05. The lowest BCUT2D eigenvalue weighted by Gasteiger charge is -2.06. The van der Waals surface area contributed by atoms with Crippen LogP contribution < -0.4 is 0 Å². The molecule has 0 unspecified atom stereocenters. The second kappa shape index (κ2) is 5.42. The van der Waals surface area contributed by atoms with Crippen LogP contribution >= 0.6 is 0 Å². The monoisotopic (exact) mass is 199 g/mol. The van der Waals surface area contributed by atoms with Gasteiger partial charge in [0, 0.05) is 12.7 Å². The third-order valence-electron chi connectivity index (χ3n) is 1.85. The number of nitrogens with zero attached hydrogens (tertiary/aromatic N) is 1. The molecule has 0 spiro atoms. The van der Waals surface area contributed by atoms with E-state index in [-0.39, 0.29) is 12.6 Å². The minimum atomic E-state index is -0.375. The molecule has 0 fully saturated rings. The van der Waals surface area contributed by atoms with Crippen molar-refractivity contribution < 1.29 is 13.9 Å². The SMILES string of the molecule is CCOC(=O)c1cccn1CCCF. The molecule has 0 bridgehead atoms. The molecule has 0 amide bonds. The van der Waals surface area contributed by atoms with Crippen LogP contribution in [-0.2, 0) is 11.3 Å². The third-order valence-corrected chi connectivity index (χ3v) is 1.85. The number of esters is 1. The number of hydrogen-bond donors (Lipinski definition) is 0. The van der Waals surface area contributed by atoms with E-state index in [1.165, 1.54) is 0 Å². The second-order valence-corrected chi connectivity index (χ2v) is 2.85. The highest BCUT2D eigenvalue weighted by atomic mass is 19.1. The van der Waals surface area contributed by atoms with E-state index in [0.29, 0.717) is 25.3 Å². The van der Waals surface area contributed by atoms with Gasteiger partial charge in [0.2, 0.25) is 0 Å². The number of hydrogen-bond acceptors (Lipinski definition) is 2. The third kappa shape index (κ3) is 2.58. The number of rotatable bonds is 5. The van der Waals surface area contributed by atoms with E-state index in [1.807, 2.05) is 0 Å². The fraction of sp³-hybridized carbons (Fsp3) is 0.500. The molecular formula is C10H14FNO2. The molecule has 1 rings (SSSR count). The van der Waals surface area contributed by atoms with Crippen LogP contribution in [0.1, 0.15) is 23.8 Å². The van der Waals surface area contributed by atoms with E-state index >= 15 is 0 Å². The molecule has 0 radical (unpaired) electrons. The maximum atomic E-state index is 11.9. The van der Waals surface area contributed by atoms with Crippen LogP contribution in [0.5, 0.6) is 0 Å². The van der Waals surface area contributed by atoms with Gasteiger partial charge in [0.25, 0.3) is 0 Å². The molecule has 78 valence electrons. The summed E-state index contributed by atoms with van der Waals surface area (Å²) in [5.41, 5.74) is 0.486. The fourth-order valence-electron chi connectivity index (χ4n) is 1.23. The quantitative estimate of drug-likeness (QED) is 0.679. The summed E-state index contributed by atoms with van der Waals surface area (Å²) in [5.74, 6) is -0.351. The Morgan fingerprint density at radius 2 is 2.43 bits per heavy atom. The molecule has 0 N–H and O–H groups in total. The van der Waals surface area contributed by atoms with Crippen LogP contribution in [-0.4, -0.2) is 23.8 Å². The van der Waals surface area contributed by atoms with Crippen molar-refractivity contribution in [3.05, 3.63) is 24.0 Å². The Balaban J connectivity index is 2.66. The van der Waals surface area contributed by atoms with Gasteiger partial charge in [-0.3, -0.25) is 4.39 Å². The molecule has 0 aliphatic carbocycles. The Morgan fingerprint density at radius 3 is 3.07 bits per heavy atom. The molecule has 1 heterocycles. The van der Waals surface area contributed by atoms with Gasteiger partial charge >= 0.3 is 5.97 Å². The van der Waals surface area contributed by atoms with E-state index < -0.39 is 0 Å². The zero-order valence-electron chi connectivity index (χ0n) is 8.20. The number of ether oxygens (including phenoxy) is 1. The summed E-state index contributed by atoms with van der Waals surface area (Å²) in [6.07, 6.45) is 2.17. The van der Waals surface area contributed by atoms with Crippen LogP contribution in [0.25, 0.3) is 0 Å². The van der Waals surface area contributed by atoms with Crippen molar-refractivity contribution in [3.8, 4) is 0 Å². The molecule has 1 aromatic heterocycles. The van der Waals surface area contributed by atoms with Crippen molar-refractivity contribution in [2.75, 3.05) is 13.3 Å². The van der Waals surface area contributed by atoms with Gasteiger partial charge in [-0.15, -0.1) is 0 Å². The molecule has 4 heteroatoms. The predicted octanol–water partition coefficient (Wildman–Crippen LogP) is 2.02. The first-order valence-electron chi connectivity index (χ1n) is 4.67. The Hall–Kier alpha value is -1.32. The summed E-state index contributed by atoms with van der Waals surface area (Å²) in [5, 5.41) is 0. The maximum Gasteiger partial charge on any atom is 0.354 e. The molecule has 0 aliphatic heterocycles. The number of halogens is 1. The summed E-state index contributed by atoms with van der Waals surface area (Å²) in [6.45, 7) is 2.25. The summed E-state index contributed by atoms with van der Waals surface area (Å²) in [4.78, 5) is 11.4. The average molecular weight is 199 g/mol. The standard InChI is InChI=1S/C10H14FNO2/c1-2-14-10(13)9-5-3-7-12(9)8-4-6-11/h3,5,7H,2,4,6,8H2,1H3. The molecule has 1 aromatic rings. The zero-order chi connectivity index (χ0) is 10.4. The van der Waals surface area contributed by atoms with E-state index in [4.69, 9.17) is 4.74 Å². The molecule has 0 atom stereocenters. The van der Waals surface area contributed by atoms with Gasteiger partial charge in [-0.25, -0.2) is 4.79 Å². The van der Waals surface area contributed by atoms with Gasteiger partial charge in [-0.2, -0.15) is 0 Å². The van der Waals surface area contributed by atoms with Crippen molar-refractivity contribution >= 4 is 5.97 Å². The lowest BCUT2D eigenvalue weighted by atomic mass is 10.4. The summed E-state index contributed by atoms with van der Waals surface area (Å²) < 4.78 is 18.5. The zero-order valence-corrected chi connectivity index (χ0v) is 8.20. The Morgan fingerprint density at radius 1 is 1.64 bits per heavy atom. The van der Waals surface area contributed by atoms with Crippen molar-refractivity contribution in [1.29, 1.82) is 0 Å². The predicted molar refractivity (Wildman–Crippen MR) is 51.0 cm³/mol. The van der Waals surface area contributed by atoms with Crippen molar-refractivity contribution in [2.24, 2.45) is 0 Å². The summed E-state index contributed by atoms with van der Waals surface area (Å²) in [7, 11) is 0. The molecule has 0 saturated carbocycles. The number of aromatic nitrogens is 1. The minimum absolute atomic E-state index is 0.351. The molecule has 3 nitrogen and oxygen atoms in total. The van der Waals surface area contributed by atoms with Gasteiger partial charge in [-0.1, -0.05) is 0 Å². The number of aryl methyl sites for hydroxylation is 1. The highest BCUT2D eigenvalue weighted by Gasteiger charge is 2.10. The van der Waals surface area contributed by atoms with Gasteiger partial charge in [0.05, 0.1) is 13.3 Å². The van der Waals surface area contributed by atoms with Gasteiger partial charge < -0.3 is 9.30 Å². The lowest BCUT2D eigenvalue weighted by molar-refractivity contribution is 0.0513. The fourth-order valence-corrected chi connectivity index (χ4v) is 1.23. The molecule has 0 aliphatic rings. The lowest BCUT2D eigenvalue weighted by Crippen LogP contribution is -2.12. The van der Waals surface area contributed by atoms with E-state index in [2.05, 4.69) is 0 Å². The minimum Gasteiger partial charge on any atom is -0.461 e. The van der Waals surface area contributed by atoms with E-state index in [0.717, 1.165) is 0 Å². The Bertz CT molecular complexity index is 296. The first-order chi connectivity index (χ1) is 6.79. The van der Waals surface area contributed by atoms with Crippen LogP contribution in [0.4, 0.5) is 4.39 Å². The maximum absolute atomic E-state index is 11.9.